The zero-order chi connectivity index (χ0) is 9.90. The zero-order valence-corrected chi connectivity index (χ0v) is 11.7. The Hall–Kier alpha value is 0.688. The summed E-state index contributed by atoms with van der Waals surface area (Å²) in [6, 6.07) is 0. The van der Waals surface area contributed by atoms with Crippen LogP contribution in [0.3, 0.4) is 0 Å². The van der Waals surface area contributed by atoms with Crippen molar-refractivity contribution in [1.29, 1.82) is 0 Å². The Labute approximate surface area is 111 Å². The molecule has 0 amide bonds. The van der Waals surface area contributed by atoms with Gasteiger partial charge in [0.15, 0.2) is 0 Å². The average Bonchev–Trinajstić information content (AvgIpc) is 2.68. The molecule has 0 saturated heterocycles. The Kier molecular flexibility index (Phi) is 13.3. The Morgan fingerprint density at radius 3 is 1.00 bits per heavy atom. The molecule has 0 aromatic rings. The van der Waals surface area contributed by atoms with Gasteiger partial charge in [0.1, 0.15) is 0 Å². The van der Waals surface area contributed by atoms with E-state index < -0.39 is 0 Å². The molecule has 0 aromatic heterocycles. The van der Waals surface area contributed by atoms with Crippen molar-refractivity contribution in [2.75, 3.05) is 0 Å². The Morgan fingerprint density at radius 1 is 0.400 bits per heavy atom. The first-order chi connectivity index (χ1) is 7.00. The molecule has 78 valence electrons. The molecule has 0 bridgehead atoms. The van der Waals surface area contributed by atoms with Crippen molar-refractivity contribution in [2.45, 2.75) is 12.8 Å². The number of hydrogen-bond donors (Lipinski definition) is 0. The predicted octanol–water partition coefficient (Wildman–Crippen LogP) is 3.23. The summed E-state index contributed by atoms with van der Waals surface area (Å²) in [6.45, 7) is 0. The van der Waals surface area contributed by atoms with Crippen molar-refractivity contribution >= 4 is 0 Å². The van der Waals surface area contributed by atoms with Crippen LogP contribution in [0, 0.1) is 77.0 Å². The first-order valence-corrected chi connectivity index (χ1v) is 4.98. The fourth-order valence-electron chi connectivity index (χ4n) is 1.06. The molecule has 0 N–H and O–H groups in total. The van der Waals surface area contributed by atoms with Gasteiger partial charge in [-0.15, -0.1) is 0 Å². The summed E-state index contributed by atoms with van der Waals surface area (Å²) in [6.07, 6.45) is 27.0. The standard InChI is InChI=1S/C7H9.C7H7.W/c2*1-2-4-6-7-5-3-1;/h1-5H,6-7H2;1-7H;. The first kappa shape index (κ1) is 15.7. The first-order valence-electron chi connectivity index (χ1n) is 4.98. The fourth-order valence-corrected chi connectivity index (χ4v) is 1.06. The summed E-state index contributed by atoms with van der Waals surface area (Å²) in [5.74, 6) is 0. The van der Waals surface area contributed by atoms with E-state index in [2.05, 4.69) is 32.1 Å². The van der Waals surface area contributed by atoms with E-state index in [0.717, 1.165) is 0 Å². The molecule has 2 saturated carbocycles. The monoisotopic (exact) mass is 368 g/mol. The van der Waals surface area contributed by atoms with Gasteiger partial charge in [0.25, 0.3) is 0 Å². The van der Waals surface area contributed by atoms with Crippen LogP contribution in [0.4, 0.5) is 0 Å². The molecule has 0 unspecified atom stereocenters. The van der Waals surface area contributed by atoms with Crippen LogP contribution in [0.25, 0.3) is 0 Å². The molecule has 0 atom stereocenters. The van der Waals surface area contributed by atoms with Crippen LogP contribution < -0.4 is 0 Å². The van der Waals surface area contributed by atoms with Gasteiger partial charge in [0.2, 0.25) is 0 Å². The van der Waals surface area contributed by atoms with E-state index in [0.29, 0.717) is 0 Å². The minimum absolute atomic E-state index is 0. The second-order valence-electron chi connectivity index (χ2n) is 2.97. The van der Waals surface area contributed by atoms with Crippen LogP contribution in [-0.4, -0.2) is 0 Å². The van der Waals surface area contributed by atoms with Gasteiger partial charge in [-0.3, -0.25) is 0 Å². The maximum absolute atomic E-state index is 2.18. The van der Waals surface area contributed by atoms with Crippen molar-refractivity contribution in [3.63, 3.8) is 0 Å². The quantitative estimate of drug-likeness (QED) is 0.576. The van der Waals surface area contributed by atoms with E-state index in [1.807, 2.05) is 44.9 Å². The van der Waals surface area contributed by atoms with Crippen molar-refractivity contribution in [2.24, 2.45) is 0 Å². The third-order valence-corrected chi connectivity index (χ3v) is 1.77. The summed E-state index contributed by atoms with van der Waals surface area (Å²) in [7, 11) is 0. The van der Waals surface area contributed by atoms with Crippen LogP contribution in [0.5, 0.6) is 0 Å². The second kappa shape index (κ2) is 12.8. The molecule has 2 rings (SSSR count). The number of rotatable bonds is 0. The van der Waals surface area contributed by atoms with E-state index in [9.17, 15) is 0 Å². The molecular formula is C14H16W. The average molecular weight is 368 g/mol. The molecule has 1 heteroatoms. The summed E-state index contributed by atoms with van der Waals surface area (Å²) in [4.78, 5) is 0. The molecule has 0 heterocycles. The molecule has 2 aliphatic rings. The van der Waals surface area contributed by atoms with Crippen LogP contribution in [0.2, 0.25) is 0 Å². The third kappa shape index (κ3) is 11.0. The minimum Gasteiger partial charge on any atom is -0.0496 e. The molecule has 2 aliphatic carbocycles. The maximum atomic E-state index is 2.18. The SMILES string of the molecule is [CH]1[CH][CH]CC[CH][CH]1.[CH]1[CH][CH][CH][CH][CH][CH]1.[W]. The molecular weight excluding hydrogens is 352 g/mol. The third-order valence-electron chi connectivity index (χ3n) is 1.77. The van der Waals surface area contributed by atoms with Crippen molar-refractivity contribution < 1.29 is 21.1 Å². The van der Waals surface area contributed by atoms with E-state index in [1.54, 1.807) is 0 Å². The molecule has 15 heavy (non-hydrogen) atoms. The van der Waals surface area contributed by atoms with Gasteiger partial charge in [0.05, 0.1) is 0 Å². The number of hydrogen-bond acceptors (Lipinski definition) is 0. The fraction of sp³-hybridized carbons (Fsp3) is 0.143. The smallest absolute Gasteiger partial charge is 0 e. The molecule has 0 nitrogen and oxygen atoms in total. The van der Waals surface area contributed by atoms with Crippen LogP contribution in [-0.2, 0) is 21.1 Å². The van der Waals surface area contributed by atoms with Gasteiger partial charge in [-0.2, -0.15) is 0 Å². The van der Waals surface area contributed by atoms with Crippen molar-refractivity contribution in [3.05, 3.63) is 77.0 Å². The maximum Gasteiger partial charge on any atom is 0 e. The van der Waals surface area contributed by atoms with Gasteiger partial charge >= 0.3 is 0 Å². The Morgan fingerprint density at radius 2 is 0.667 bits per heavy atom. The Balaban J connectivity index is 0.000000245. The van der Waals surface area contributed by atoms with Gasteiger partial charge in [-0.1, -0.05) is 0 Å². The van der Waals surface area contributed by atoms with E-state index in [1.165, 1.54) is 12.8 Å². The van der Waals surface area contributed by atoms with Gasteiger partial charge in [0, 0.05) is 21.1 Å². The molecule has 0 spiro atoms. The second-order valence-corrected chi connectivity index (χ2v) is 2.97. The summed E-state index contributed by atoms with van der Waals surface area (Å²) in [5, 5.41) is 0. The summed E-state index contributed by atoms with van der Waals surface area (Å²) in [5.41, 5.74) is 0. The normalized spacial score (nSPS) is 22.4. The van der Waals surface area contributed by atoms with Crippen LogP contribution in [0.1, 0.15) is 12.8 Å². The summed E-state index contributed by atoms with van der Waals surface area (Å²) >= 11 is 0. The molecule has 0 aliphatic heterocycles. The van der Waals surface area contributed by atoms with Crippen LogP contribution >= 0.6 is 0 Å². The van der Waals surface area contributed by atoms with Gasteiger partial charge < -0.3 is 0 Å². The molecule has 2 fully saturated rings. The van der Waals surface area contributed by atoms with Crippen molar-refractivity contribution in [3.8, 4) is 0 Å². The van der Waals surface area contributed by atoms with Gasteiger partial charge in [-0.05, 0) is 89.9 Å². The zero-order valence-electron chi connectivity index (χ0n) is 8.75. The van der Waals surface area contributed by atoms with Gasteiger partial charge in [-0.25, -0.2) is 0 Å². The van der Waals surface area contributed by atoms with E-state index in [4.69, 9.17) is 0 Å². The van der Waals surface area contributed by atoms with E-state index in [-0.39, 0.29) is 21.1 Å². The summed E-state index contributed by atoms with van der Waals surface area (Å²) < 4.78 is 0. The van der Waals surface area contributed by atoms with Crippen LogP contribution in [0.15, 0.2) is 0 Å². The van der Waals surface area contributed by atoms with E-state index >= 15 is 0 Å². The molecule has 12 radical (unpaired) electrons. The largest absolute Gasteiger partial charge is 0.0496 e. The topological polar surface area (TPSA) is 0 Å². The minimum atomic E-state index is 0. The molecule has 0 aromatic carbocycles. The Bertz CT molecular complexity index is 58.6. The van der Waals surface area contributed by atoms with Crippen molar-refractivity contribution in [1.82, 2.24) is 0 Å². The predicted molar refractivity (Wildman–Crippen MR) is 60.8 cm³/mol.